The summed E-state index contributed by atoms with van der Waals surface area (Å²) in [4.78, 5) is 10.5. The van der Waals surface area contributed by atoms with Gasteiger partial charge < -0.3 is 10.2 Å². The minimum atomic E-state index is -1.54. The molecule has 6 nitrogen and oxygen atoms in total. The summed E-state index contributed by atoms with van der Waals surface area (Å²) in [6.45, 7) is 3.03. The van der Waals surface area contributed by atoms with E-state index in [1.54, 1.807) is 19.1 Å². The number of nitrogens with zero attached hydrogens (tertiary/aromatic N) is 1. The van der Waals surface area contributed by atoms with Crippen LogP contribution in [0.5, 0.6) is 0 Å². The number of aliphatic hydroxyl groups excluding tert-OH is 1. The monoisotopic (exact) mass is 240 g/mol. The van der Waals surface area contributed by atoms with Crippen LogP contribution in [0.25, 0.3) is 0 Å². The van der Waals surface area contributed by atoms with E-state index in [1.807, 2.05) is 0 Å². The summed E-state index contributed by atoms with van der Waals surface area (Å²) in [5.74, 6) is 0. The number of rotatable bonds is 5. The fraction of sp³-hybridized carbons (Fsp3) is 0.455. The fourth-order valence-corrected chi connectivity index (χ4v) is 1.69. The normalized spacial score (nSPS) is 14.4. The Morgan fingerprint density at radius 1 is 1.53 bits per heavy atom. The molecule has 0 spiro atoms. The summed E-state index contributed by atoms with van der Waals surface area (Å²) in [5.41, 5.74) is -0.977. The van der Waals surface area contributed by atoms with Crippen molar-refractivity contribution >= 4 is 5.69 Å². The van der Waals surface area contributed by atoms with Gasteiger partial charge in [-0.05, 0) is 19.9 Å². The molecule has 1 unspecified atom stereocenters. The predicted molar refractivity (Wildman–Crippen MR) is 62.5 cm³/mol. The summed E-state index contributed by atoms with van der Waals surface area (Å²) >= 11 is 0. The Labute approximate surface area is 99.0 Å². The van der Waals surface area contributed by atoms with Crippen LogP contribution in [0.2, 0.25) is 0 Å². The molecular formula is C11H16N2O4. The molecule has 17 heavy (non-hydrogen) atoms. The quantitative estimate of drug-likeness (QED) is 0.399. The second kappa shape index (κ2) is 5.22. The molecule has 1 aromatic rings. The molecule has 0 saturated carbocycles. The molecular weight excluding hydrogens is 224 g/mol. The van der Waals surface area contributed by atoms with Crippen LogP contribution in [-0.4, -0.2) is 28.3 Å². The molecule has 94 valence electrons. The molecule has 0 amide bonds. The lowest BCUT2D eigenvalue weighted by Crippen LogP contribution is -2.41. The largest absolute Gasteiger partial charge is 0.395 e. The summed E-state index contributed by atoms with van der Waals surface area (Å²) in [5, 5.41) is 32.5. The van der Waals surface area contributed by atoms with Crippen molar-refractivity contribution < 1.29 is 15.1 Å². The third kappa shape index (κ3) is 3.00. The number of benzene rings is 1. The van der Waals surface area contributed by atoms with Crippen LogP contribution in [0, 0.1) is 17.0 Å². The van der Waals surface area contributed by atoms with Crippen LogP contribution in [0.15, 0.2) is 18.2 Å². The van der Waals surface area contributed by atoms with Crippen LogP contribution < -0.4 is 5.32 Å². The van der Waals surface area contributed by atoms with Gasteiger partial charge in [-0.2, -0.15) is 0 Å². The zero-order valence-corrected chi connectivity index (χ0v) is 9.80. The second-order valence-corrected chi connectivity index (χ2v) is 3.95. The molecule has 0 aromatic heterocycles. The van der Waals surface area contributed by atoms with Crippen LogP contribution in [0.4, 0.5) is 5.69 Å². The molecule has 0 aliphatic heterocycles. The van der Waals surface area contributed by atoms with Crippen molar-refractivity contribution in [1.29, 1.82) is 0 Å². The highest BCUT2D eigenvalue weighted by molar-refractivity contribution is 5.49. The maximum absolute atomic E-state index is 11.0. The standard InChI is InChI=1S/C11H16N2O4/c1-8-4-3-5-9(10(8)13(16)17)11(2,15)12-6-7-14/h3-5,12,14-15H,6-7H2,1-2H3. The Bertz CT molecular complexity index is 418. The van der Waals surface area contributed by atoms with E-state index >= 15 is 0 Å². The van der Waals surface area contributed by atoms with E-state index in [0.717, 1.165) is 0 Å². The van der Waals surface area contributed by atoms with Gasteiger partial charge in [0, 0.05) is 12.1 Å². The van der Waals surface area contributed by atoms with Gasteiger partial charge in [-0.1, -0.05) is 12.1 Å². The first-order valence-corrected chi connectivity index (χ1v) is 5.23. The number of nitro groups is 1. The topological polar surface area (TPSA) is 95.6 Å². The lowest BCUT2D eigenvalue weighted by atomic mass is 9.99. The number of nitro benzene ring substituents is 1. The average Bonchev–Trinajstić information content (AvgIpc) is 2.25. The third-order valence-electron chi connectivity index (χ3n) is 2.53. The molecule has 1 rings (SSSR count). The second-order valence-electron chi connectivity index (χ2n) is 3.95. The van der Waals surface area contributed by atoms with Crippen LogP contribution in [-0.2, 0) is 5.72 Å². The van der Waals surface area contributed by atoms with Gasteiger partial charge in [-0.3, -0.25) is 15.4 Å². The lowest BCUT2D eigenvalue weighted by molar-refractivity contribution is -0.387. The number of para-hydroxylation sites is 1. The van der Waals surface area contributed by atoms with Gasteiger partial charge in [-0.15, -0.1) is 0 Å². The van der Waals surface area contributed by atoms with E-state index in [4.69, 9.17) is 5.11 Å². The van der Waals surface area contributed by atoms with Gasteiger partial charge in [0.1, 0.15) is 5.72 Å². The average molecular weight is 240 g/mol. The van der Waals surface area contributed by atoms with E-state index in [2.05, 4.69) is 5.32 Å². The van der Waals surface area contributed by atoms with E-state index < -0.39 is 10.6 Å². The Morgan fingerprint density at radius 3 is 2.71 bits per heavy atom. The zero-order valence-electron chi connectivity index (χ0n) is 9.80. The Hall–Kier alpha value is -1.50. The smallest absolute Gasteiger partial charge is 0.279 e. The van der Waals surface area contributed by atoms with Crippen molar-refractivity contribution in [3.63, 3.8) is 0 Å². The van der Waals surface area contributed by atoms with E-state index in [9.17, 15) is 15.2 Å². The molecule has 3 N–H and O–H groups in total. The first-order valence-electron chi connectivity index (χ1n) is 5.23. The van der Waals surface area contributed by atoms with Crippen LogP contribution in [0.1, 0.15) is 18.1 Å². The number of hydrogen-bond acceptors (Lipinski definition) is 5. The Balaban J connectivity index is 3.21. The first-order chi connectivity index (χ1) is 7.90. The van der Waals surface area contributed by atoms with Crippen molar-refractivity contribution in [2.24, 2.45) is 0 Å². The highest BCUT2D eigenvalue weighted by atomic mass is 16.6. The van der Waals surface area contributed by atoms with Crippen LogP contribution >= 0.6 is 0 Å². The van der Waals surface area contributed by atoms with Gasteiger partial charge >= 0.3 is 0 Å². The molecule has 0 saturated heterocycles. The number of aliphatic hydroxyl groups is 2. The first kappa shape index (κ1) is 13.6. The van der Waals surface area contributed by atoms with Crippen molar-refractivity contribution in [3.8, 4) is 0 Å². The zero-order chi connectivity index (χ0) is 13.1. The van der Waals surface area contributed by atoms with Gasteiger partial charge in [0.15, 0.2) is 0 Å². The van der Waals surface area contributed by atoms with E-state index in [0.29, 0.717) is 5.56 Å². The molecule has 0 heterocycles. The predicted octanol–water partition coefficient (Wildman–Crippen LogP) is 0.650. The van der Waals surface area contributed by atoms with Gasteiger partial charge in [0.05, 0.1) is 17.1 Å². The minimum absolute atomic E-state index is 0.108. The summed E-state index contributed by atoms with van der Waals surface area (Å²) in [6, 6.07) is 4.76. The summed E-state index contributed by atoms with van der Waals surface area (Å²) in [6.07, 6.45) is 0. The highest BCUT2D eigenvalue weighted by Crippen LogP contribution is 2.30. The Morgan fingerprint density at radius 2 is 2.18 bits per heavy atom. The maximum atomic E-state index is 11.0. The van der Waals surface area contributed by atoms with E-state index in [1.165, 1.54) is 13.0 Å². The minimum Gasteiger partial charge on any atom is -0.395 e. The van der Waals surface area contributed by atoms with Crippen molar-refractivity contribution in [1.82, 2.24) is 5.32 Å². The molecule has 0 bridgehead atoms. The Kier molecular flexibility index (Phi) is 4.17. The SMILES string of the molecule is Cc1cccc(C(C)(O)NCCO)c1[N+](=O)[O-]. The van der Waals surface area contributed by atoms with Gasteiger partial charge in [0.2, 0.25) is 0 Å². The highest BCUT2D eigenvalue weighted by Gasteiger charge is 2.31. The van der Waals surface area contributed by atoms with Gasteiger partial charge in [0.25, 0.3) is 5.69 Å². The van der Waals surface area contributed by atoms with Crippen LogP contribution in [0.3, 0.4) is 0 Å². The third-order valence-corrected chi connectivity index (χ3v) is 2.53. The molecule has 1 aromatic carbocycles. The number of hydrogen-bond donors (Lipinski definition) is 3. The molecule has 6 heteroatoms. The van der Waals surface area contributed by atoms with Crippen molar-refractivity contribution in [3.05, 3.63) is 39.4 Å². The summed E-state index contributed by atoms with van der Waals surface area (Å²) < 4.78 is 0. The molecule has 0 fully saturated rings. The number of aryl methyl sites for hydroxylation is 1. The molecule has 0 aliphatic carbocycles. The summed E-state index contributed by atoms with van der Waals surface area (Å²) in [7, 11) is 0. The van der Waals surface area contributed by atoms with Crippen molar-refractivity contribution in [2.75, 3.05) is 13.2 Å². The maximum Gasteiger partial charge on any atom is 0.279 e. The van der Waals surface area contributed by atoms with Crippen molar-refractivity contribution in [2.45, 2.75) is 19.6 Å². The van der Waals surface area contributed by atoms with E-state index in [-0.39, 0.29) is 24.4 Å². The number of nitrogens with one attached hydrogen (secondary N) is 1. The molecule has 1 atom stereocenters. The molecule has 0 aliphatic rings. The molecule has 0 radical (unpaired) electrons. The van der Waals surface area contributed by atoms with Gasteiger partial charge in [-0.25, -0.2) is 0 Å². The fourth-order valence-electron chi connectivity index (χ4n) is 1.69. The lowest BCUT2D eigenvalue weighted by Gasteiger charge is -2.25.